The van der Waals surface area contributed by atoms with Crippen molar-refractivity contribution in [2.75, 3.05) is 18.8 Å². The van der Waals surface area contributed by atoms with Crippen molar-refractivity contribution in [1.82, 2.24) is 19.7 Å². The maximum absolute atomic E-state index is 12.2. The van der Waals surface area contributed by atoms with Crippen LogP contribution in [0.4, 0.5) is 4.79 Å². The monoisotopic (exact) mass is 282 g/mol. The Morgan fingerprint density at radius 2 is 2.11 bits per heavy atom. The maximum atomic E-state index is 12.2. The standard InChI is InChI=1S/C13H22N4OS/c1-4-7-10-19-12-14-11-17(15-12)13(18)16(8-5-2)9-6-3/h4,7,11H,5-6,8-10H2,1-3H3. The molecule has 0 spiro atoms. The van der Waals surface area contributed by atoms with E-state index in [1.54, 1.807) is 0 Å². The van der Waals surface area contributed by atoms with Crippen LogP contribution in [0.25, 0.3) is 0 Å². The molecule has 0 atom stereocenters. The van der Waals surface area contributed by atoms with Gasteiger partial charge < -0.3 is 4.90 Å². The zero-order chi connectivity index (χ0) is 14.1. The molecule has 0 N–H and O–H groups in total. The summed E-state index contributed by atoms with van der Waals surface area (Å²) in [5, 5.41) is 4.85. The van der Waals surface area contributed by atoms with E-state index in [2.05, 4.69) is 23.9 Å². The van der Waals surface area contributed by atoms with Gasteiger partial charge in [0.2, 0.25) is 5.16 Å². The quantitative estimate of drug-likeness (QED) is 0.570. The summed E-state index contributed by atoms with van der Waals surface area (Å²) in [6, 6.07) is -0.0888. The van der Waals surface area contributed by atoms with E-state index < -0.39 is 0 Å². The van der Waals surface area contributed by atoms with Crippen molar-refractivity contribution in [3.05, 3.63) is 18.5 Å². The third kappa shape index (κ3) is 5.06. The summed E-state index contributed by atoms with van der Waals surface area (Å²) in [4.78, 5) is 18.2. The highest BCUT2D eigenvalue weighted by molar-refractivity contribution is 7.99. The Kier molecular flexibility index (Phi) is 7.25. The minimum atomic E-state index is -0.0888. The van der Waals surface area contributed by atoms with E-state index in [1.165, 1.54) is 22.8 Å². The molecule has 1 aromatic rings. The number of carbonyl (C=O) groups excluding carboxylic acids is 1. The summed E-state index contributed by atoms with van der Waals surface area (Å²) in [5.41, 5.74) is 0. The van der Waals surface area contributed by atoms with Gasteiger partial charge in [0.05, 0.1) is 0 Å². The molecule has 106 valence electrons. The van der Waals surface area contributed by atoms with Crippen LogP contribution in [0.5, 0.6) is 0 Å². The molecule has 1 amide bonds. The van der Waals surface area contributed by atoms with E-state index >= 15 is 0 Å². The summed E-state index contributed by atoms with van der Waals surface area (Å²) in [7, 11) is 0. The number of amides is 1. The highest BCUT2D eigenvalue weighted by Gasteiger charge is 2.15. The molecule has 0 aliphatic heterocycles. The lowest BCUT2D eigenvalue weighted by Gasteiger charge is -2.20. The van der Waals surface area contributed by atoms with E-state index in [4.69, 9.17) is 0 Å². The van der Waals surface area contributed by atoms with Crippen molar-refractivity contribution in [2.45, 2.75) is 38.8 Å². The molecular formula is C13H22N4OS. The molecular weight excluding hydrogens is 260 g/mol. The second kappa shape index (κ2) is 8.74. The second-order valence-corrected chi connectivity index (χ2v) is 5.11. The molecule has 0 bridgehead atoms. The van der Waals surface area contributed by atoms with E-state index in [9.17, 15) is 4.79 Å². The zero-order valence-corrected chi connectivity index (χ0v) is 12.7. The fourth-order valence-electron chi connectivity index (χ4n) is 1.61. The third-order valence-corrected chi connectivity index (χ3v) is 3.27. The van der Waals surface area contributed by atoms with Crippen LogP contribution in [0.15, 0.2) is 23.6 Å². The molecule has 0 saturated carbocycles. The SMILES string of the molecule is CC=CCSc1ncn(C(=O)N(CCC)CCC)n1. The van der Waals surface area contributed by atoms with Crippen LogP contribution in [-0.4, -0.2) is 44.5 Å². The van der Waals surface area contributed by atoms with Crippen LogP contribution >= 0.6 is 11.8 Å². The molecule has 1 aromatic heterocycles. The lowest BCUT2D eigenvalue weighted by molar-refractivity contribution is 0.196. The van der Waals surface area contributed by atoms with E-state index in [1.807, 2.05) is 24.0 Å². The molecule has 0 aromatic carbocycles. The van der Waals surface area contributed by atoms with Crippen molar-refractivity contribution < 1.29 is 4.79 Å². The Balaban J connectivity index is 2.64. The van der Waals surface area contributed by atoms with Gasteiger partial charge in [-0.3, -0.25) is 0 Å². The van der Waals surface area contributed by atoms with Gasteiger partial charge >= 0.3 is 6.03 Å². The Labute approximate surface area is 119 Å². The van der Waals surface area contributed by atoms with Crippen molar-refractivity contribution in [3.8, 4) is 0 Å². The molecule has 1 heterocycles. The molecule has 6 heteroatoms. The van der Waals surface area contributed by atoms with Gasteiger partial charge in [-0.1, -0.05) is 37.8 Å². The van der Waals surface area contributed by atoms with E-state index in [0.717, 1.165) is 31.7 Å². The van der Waals surface area contributed by atoms with Gasteiger partial charge in [0.1, 0.15) is 6.33 Å². The predicted octanol–water partition coefficient (Wildman–Crippen LogP) is 3.04. The fourth-order valence-corrected chi connectivity index (χ4v) is 2.32. The van der Waals surface area contributed by atoms with Crippen molar-refractivity contribution >= 4 is 17.8 Å². The Bertz CT molecular complexity index is 411. The lowest BCUT2D eigenvalue weighted by atomic mass is 10.4. The van der Waals surface area contributed by atoms with Crippen molar-refractivity contribution in [2.24, 2.45) is 0 Å². The van der Waals surface area contributed by atoms with E-state index in [-0.39, 0.29) is 6.03 Å². The number of thioether (sulfide) groups is 1. The lowest BCUT2D eigenvalue weighted by Crippen LogP contribution is -2.36. The molecule has 5 nitrogen and oxygen atoms in total. The summed E-state index contributed by atoms with van der Waals surface area (Å²) in [6.07, 6.45) is 7.42. The van der Waals surface area contributed by atoms with Gasteiger partial charge in [-0.15, -0.1) is 5.10 Å². The minimum Gasteiger partial charge on any atom is -0.323 e. The van der Waals surface area contributed by atoms with Crippen LogP contribution < -0.4 is 0 Å². The molecule has 0 radical (unpaired) electrons. The highest BCUT2D eigenvalue weighted by atomic mass is 32.2. The second-order valence-electron chi connectivity index (χ2n) is 4.12. The third-order valence-electron chi connectivity index (χ3n) is 2.47. The van der Waals surface area contributed by atoms with Crippen LogP contribution in [0.2, 0.25) is 0 Å². The highest BCUT2D eigenvalue weighted by Crippen LogP contribution is 2.12. The Morgan fingerprint density at radius 1 is 1.42 bits per heavy atom. The topological polar surface area (TPSA) is 51.0 Å². The van der Waals surface area contributed by atoms with Crippen LogP contribution in [0.1, 0.15) is 33.6 Å². The van der Waals surface area contributed by atoms with Gasteiger partial charge in [0.25, 0.3) is 0 Å². The average Bonchev–Trinajstić information content (AvgIpc) is 2.87. The summed E-state index contributed by atoms with van der Waals surface area (Å²) >= 11 is 1.52. The molecule has 0 unspecified atom stereocenters. The molecule has 0 saturated heterocycles. The van der Waals surface area contributed by atoms with Crippen LogP contribution in [0.3, 0.4) is 0 Å². The molecule has 0 aliphatic rings. The largest absolute Gasteiger partial charge is 0.346 e. The number of carbonyl (C=O) groups is 1. The van der Waals surface area contributed by atoms with Gasteiger partial charge in [-0.05, 0) is 19.8 Å². The summed E-state index contributed by atoms with van der Waals surface area (Å²) in [6.45, 7) is 7.62. The number of allylic oxidation sites excluding steroid dienone is 1. The van der Waals surface area contributed by atoms with E-state index in [0.29, 0.717) is 5.16 Å². The first-order valence-electron chi connectivity index (χ1n) is 6.67. The first kappa shape index (κ1) is 15.8. The Morgan fingerprint density at radius 3 is 2.68 bits per heavy atom. The van der Waals surface area contributed by atoms with Crippen molar-refractivity contribution in [3.63, 3.8) is 0 Å². The molecule has 0 aliphatic carbocycles. The molecule has 1 rings (SSSR count). The number of nitrogens with zero attached hydrogens (tertiary/aromatic N) is 4. The van der Waals surface area contributed by atoms with Crippen LogP contribution in [-0.2, 0) is 0 Å². The normalized spacial score (nSPS) is 11.1. The van der Waals surface area contributed by atoms with Gasteiger partial charge in [-0.2, -0.15) is 4.68 Å². The van der Waals surface area contributed by atoms with Gasteiger partial charge in [0.15, 0.2) is 0 Å². The number of aromatic nitrogens is 3. The Hall–Kier alpha value is -1.30. The molecule has 0 fully saturated rings. The first-order valence-corrected chi connectivity index (χ1v) is 7.66. The number of rotatable bonds is 7. The zero-order valence-electron chi connectivity index (χ0n) is 11.9. The number of hydrogen-bond donors (Lipinski definition) is 0. The summed E-state index contributed by atoms with van der Waals surface area (Å²) < 4.78 is 1.34. The maximum Gasteiger partial charge on any atom is 0.346 e. The fraction of sp³-hybridized carbons (Fsp3) is 0.615. The van der Waals surface area contributed by atoms with Crippen LogP contribution in [0, 0.1) is 0 Å². The van der Waals surface area contributed by atoms with Gasteiger partial charge in [0, 0.05) is 18.8 Å². The first-order chi connectivity index (χ1) is 9.22. The van der Waals surface area contributed by atoms with Gasteiger partial charge in [-0.25, -0.2) is 9.78 Å². The molecule has 19 heavy (non-hydrogen) atoms. The smallest absolute Gasteiger partial charge is 0.323 e. The number of hydrogen-bond acceptors (Lipinski definition) is 4. The predicted molar refractivity (Wildman–Crippen MR) is 78.5 cm³/mol. The van der Waals surface area contributed by atoms with Crippen molar-refractivity contribution in [1.29, 1.82) is 0 Å². The summed E-state index contributed by atoms with van der Waals surface area (Å²) in [5.74, 6) is 0.822. The average molecular weight is 282 g/mol. The minimum absolute atomic E-state index is 0.0888.